The second kappa shape index (κ2) is 9.11. The first-order valence-electron chi connectivity index (χ1n) is 8.67. The number of nitrogens with zero attached hydrogens (tertiary/aromatic N) is 1. The number of carboxylic acids is 1. The molecule has 1 rings (SSSR count). The van der Waals surface area contributed by atoms with E-state index >= 15 is 0 Å². The van der Waals surface area contributed by atoms with E-state index in [4.69, 9.17) is 9.84 Å². The molecule has 0 spiro atoms. The minimum atomic E-state index is -0.696. The highest BCUT2D eigenvalue weighted by Gasteiger charge is 2.27. The lowest BCUT2D eigenvalue weighted by Crippen LogP contribution is -2.44. The Morgan fingerprint density at radius 2 is 1.96 bits per heavy atom. The Bertz CT molecular complexity index is 393. The summed E-state index contributed by atoms with van der Waals surface area (Å²) in [6.07, 6.45) is 3.99. The van der Waals surface area contributed by atoms with Crippen LogP contribution >= 0.6 is 0 Å². The Morgan fingerprint density at radius 1 is 1.26 bits per heavy atom. The number of hydrogen-bond acceptors (Lipinski definition) is 4. The molecule has 1 aliphatic carbocycles. The van der Waals surface area contributed by atoms with Gasteiger partial charge in [-0.05, 0) is 46.5 Å². The number of nitrogens with one attached hydrogen (secondary N) is 1. The molecule has 0 heterocycles. The molecule has 2 N–H and O–H groups in total. The van der Waals surface area contributed by atoms with Crippen LogP contribution in [-0.4, -0.2) is 53.3 Å². The van der Waals surface area contributed by atoms with E-state index < -0.39 is 11.6 Å². The van der Waals surface area contributed by atoms with E-state index in [2.05, 4.69) is 5.32 Å². The third-order valence-corrected chi connectivity index (χ3v) is 3.98. The Labute approximate surface area is 139 Å². The fourth-order valence-electron chi connectivity index (χ4n) is 2.89. The van der Waals surface area contributed by atoms with Crippen molar-refractivity contribution < 1.29 is 19.4 Å². The van der Waals surface area contributed by atoms with Gasteiger partial charge in [-0.15, -0.1) is 0 Å². The van der Waals surface area contributed by atoms with Gasteiger partial charge >= 0.3 is 12.1 Å². The molecule has 0 bridgehead atoms. The number of carbonyl (C=O) groups is 2. The molecule has 1 saturated carbocycles. The van der Waals surface area contributed by atoms with Crippen molar-refractivity contribution in [1.29, 1.82) is 0 Å². The second-order valence-corrected chi connectivity index (χ2v) is 7.32. The van der Waals surface area contributed by atoms with Crippen LogP contribution < -0.4 is 5.32 Å². The summed E-state index contributed by atoms with van der Waals surface area (Å²) in [5.74, 6) is -0.934. The molecule has 1 amide bonds. The molecule has 2 atom stereocenters. The number of aliphatic carboxylic acids is 1. The molecule has 6 nitrogen and oxygen atoms in total. The lowest BCUT2D eigenvalue weighted by Gasteiger charge is -2.30. The monoisotopic (exact) mass is 328 g/mol. The van der Waals surface area contributed by atoms with Gasteiger partial charge in [-0.25, -0.2) is 4.79 Å². The summed E-state index contributed by atoms with van der Waals surface area (Å²) in [5, 5.41) is 12.5. The average molecular weight is 328 g/mol. The van der Waals surface area contributed by atoms with E-state index in [0.29, 0.717) is 26.1 Å². The predicted molar refractivity (Wildman–Crippen MR) is 89.5 cm³/mol. The van der Waals surface area contributed by atoms with E-state index in [0.717, 1.165) is 25.7 Å². The maximum Gasteiger partial charge on any atom is 0.410 e. The summed E-state index contributed by atoms with van der Waals surface area (Å²) in [6.45, 7) is 9.53. The highest BCUT2D eigenvalue weighted by atomic mass is 16.6. The first-order chi connectivity index (χ1) is 10.7. The molecule has 0 aromatic carbocycles. The van der Waals surface area contributed by atoms with Gasteiger partial charge in [-0.3, -0.25) is 4.79 Å². The number of amides is 1. The van der Waals surface area contributed by atoms with Crippen LogP contribution in [0.5, 0.6) is 0 Å². The Hall–Kier alpha value is -1.30. The summed E-state index contributed by atoms with van der Waals surface area (Å²) in [7, 11) is 0. The number of carboxylic acid groups (broad SMARTS) is 1. The van der Waals surface area contributed by atoms with E-state index in [1.807, 2.05) is 27.7 Å². The molecule has 0 aromatic rings. The van der Waals surface area contributed by atoms with Crippen molar-refractivity contribution in [3.05, 3.63) is 0 Å². The van der Waals surface area contributed by atoms with E-state index in [9.17, 15) is 9.59 Å². The topological polar surface area (TPSA) is 78.9 Å². The first kappa shape index (κ1) is 19.7. The predicted octanol–water partition coefficient (Wildman–Crippen LogP) is 2.87. The normalized spacial score (nSPS) is 21.7. The van der Waals surface area contributed by atoms with Crippen LogP contribution in [0.2, 0.25) is 0 Å². The van der Waals surface area contributed by atoms with Crippen molar-refractivity contribution in [1.82, 2.24) is 10.2 Å². The summed E-state index contributed by atoms with van der Waals surface area (Å²) < 4.78 is 5.42. The molecular weight excluding hydrogens is 296 g/mol. The molecule has 6 heteroatoms. The van der Waals surface area contributed by atoms with Gasteiger partial charge in [-0.2, -0.15) is 0 Å². The van der Waals surface area contributed by atoms with Gasteiger partial charge in [-0.1, -0.05) is 13.3 Å². The molecular formula is C17H32N2O4. The standard InChI is InChI=1S/C17H32N2O4/c1-5-10-19(16(22)23-17(2,3)4)11-9-18-14-8-6-7-13(12-14)15(20)21/h13-14,18H,5-12H2,1-4H3,(H,20,21). The molecule has 1 fully saturated rings. The van der Waals surface area contributed by atoms with Gasteiger partial charge < -0.3 is 20.1 Å². The van der Waals surface area contributed by atoms with Crippen LogP contribution in [0.3, 0.4) is 0 Å². The maximum absolute atomic E-state index is 12.2. The number of hydrogen-bond donors (Lipinski definition) is 2. The molecule has 0 radical (unpaired) electrons. The average Bonchev–Trinajstić information content (AvgIpc) is 2.44. The van der Waals surface area contributed by atoms with Crippen LogP contribution in [0.1, 0.15) is 59.8 Å². The minimum Gasteiger partial charge on any atom is -0.481 e. The van der Waals surface area contributed by atoms with Crippen molar-refractivity contribution in [3.63, 3.8) is 0 Å². The van der Waals surface area contributed by atoms with Gasteiger partial charge in [0.1, 0.15) is 5.60 Å². The SMILES string of the molecule is CCCN(CCNC1CCCC(C(=O)O)C1)C(=O)OC(C)(C)C. The van der Waals surface area contributed by atoms with Crippen molar-refractivity contribution in [3.8, 4) is 0 Å². The highest BCUT2D eigenvalue weighted by Crippen LogP contribution is 2.24. The fourth-order valence-corrected chi connectivity index (χ4v) is 2.89. The van der Waals surface area contributed by atoms with Gasteiger partial charge in [0.2, 0.25) is 0 Å². The zero-order valence-electron chi connectivity index (χ0n) is 14.9. The molecule has 0 saturated heterocycles. The van der Waals surface area contributed by atoms with Gasteiger partial charge in [0.15, 0.2) is 0 Å². The van der Waals surface area contributed by atoms with Crippen molar-refractivity contribution in [2.45, 2.75) is 71.4 Å². The molecule has 0 aromatic heterocycles. The van der Waals surface area contributed by atoms with Crippen molar-refractivity contribution in [2.24, 2.45) is 5.92 Å². The van der Waals surface area contributed by atoms with E-state index in [-0.39, 0.29) is 18.1 Å². The van der Waals surface area contributed by atoms with Gasteiger partial charge in [0, 0.05) is 25.7 Å². The molecule has 0 aliphatic heterocycles. The molecule has 1 aliphatic rings. The fraction of sp³-hybridized carbons (Fsp3) is 0.882. The van der Waals surface area contributed by atoms with Crippen molar-refractivity contribution >= 4 is 12.1 Å². The van der Waals surface area contributed by atoms with Gasteiger partial charge in [0.25, 0.3) is 0 Å². The first-order valence-corrected chi connectivity index (χ1v) is 8.67. The summed E-state index contributed by atoms with van der Waals surface area (Å²) in [4.78, 5) is 25.0. The zero-order chi connectivity index (χ0) is 17.5. The Balaban J connectivity index is 2.40. The summed E-state index contributed by atoms with van der Waals surface area (Å²) >= 11 is 0. The van der Waals surface area contributed by atoms with Crippen LogP contribution in [0, 0.1) is 5.92 Å². The molecule has 2 unspecified atom stereocenters. The number of carbonyl (C=O) groups excluding carboxylic acids is 1. The van der Waals surface area contributed by atoms with Crippen LogP contribution in [-0.2, 0) is 9.53 Å². The maximum atomic E-state index is 12.2. The third-order valence-electron chi connectivity index (χ3n) is 3.98. The lowest BCUT2D eigenvalue weighted by atomic mass is 9.86. The smallest absolute Gasteiger partial charge is 0.410 e. The Kier molecular flexibility index (Phi) is 7.82. The van der Waals surface area contributed by atoms with Crippen molar-refractivity contribution in [2.75, 3.05) is 19.6 Å². The van der Waals surface area contributed by atoms with E-state index in [1.54, 1.807) is 4.90 Å². The summed E-state index contributed by atoms with van der Waals surface area (Å²) in [6, 6.07) is 0.229. The van der Waals surface area contributed by atoms with E-state index in [1.165, 1.54) is 0 Å². The van der Waals surface area contributed by atoms with Crippen LogP contribution in [0.25, 0.3) is 0 Å². The van der Waals surface area contributed by atoms with Crippen LogP contribution in [0.4, 0.5) is 4.79 Å². The zero-order valence-corrected chi connectivity index (χ0v) is 14.9. The van der Waals surface area contributed by atoms with Crippen LogP contribution in [0.15, 0.2) is 0 Å². The third kappa shape index (κ3) is 7.68. The molecule has 23 heavy (non-hydrogen) atoms. The second-order valence-electron chi connectivity index (χ2n) is 7.32. The lowest BCUT2D eigenvalue weighted by molar-refractivity contribution is -0.143. The Morgan fingerprint density at radius 3 is 2.52 bits per heavy atom. The largest absolute Gasteiger partial charge is 0.481 e. The quantitative estimate of drug-likeness (QED) is 0.751. The van der Waals surface area contributed by atoms with Gasteiger partial charge in [0.05, 0.1) is 5.92 Å². The number of rotatable bonds is 7. The summed E-state index contributed by atoms with van der Waals surface area (Å²) in [5.41, 5.74) is -0.491. The highest BCUT2D eigenvalue weighted by molar-refractivity contribution is 5.70. The minimum absolute atomic E-state index is 0.229. The molecule has 134 valence electrons. The number of ether oxygens (including phenoxy) is 1.